The topological polar surface area (TPSA) is 62.4 Å². The highest BCUT2D eigenvalue weighted by Crippen LogP contribution is 2.18. The number of nitrogens with zero attached hydrogens (tertiary/aromatic N) is 2. The lowest BCUT2D eigenvalue weighted by molar-refractivity contribution is 0.270. The third-order valence-electron chi connectivity index (χ3n) is 3.29. The van der Waals surface area contributed by atoms with Crippen molar-refractivity contribution in [3.05, 3.63) is 23.0 Å². The van der Waals surface area contributed by atoms with Crippen LogP contribution < -0.4 is 5.73 Å². The maximum atomic E-state index is 8.72. The van der Waals surface area contributed by atoms with Crippen LogP contribution in [0, 0.1) is 13.8 Å². The standard InChI is InChI=1S/C14H25N3O/c1-11-9-16-13(12(2)14(11)15)10-17(3)7-5-4-6-8-18/h9,18H,4-8,10H2,1-3H3,(H2,15,16). The van der Waals surface area contributed by atoms with Crippen molar-refractivity contribution in [2.45, 2.75) is 39.7 Å². The summed E-state index contributed by atoms with van der Waals surface area (Å²) in [4.78, 5) is 6.71. The van der Waals surface area contributed by atoms with Crippen LogP contribution in [0.25, 0.3) is 0 Å². The molecule has 0 saturated heterocycles. The van der Waals surface area contributed by atoms with E-state index in [0.29, 0.717) is 6.61 Å². The Morgan fingerprint density at radius 2 is 2.00 bits per heavy atom. The van der Waals surface area contributed by atoms with Gasteiger partial charge in [-0.3, -0.25) is 4.98 Å². The van der Waals surface area contributed by atoms with Gasteiger partial charge in [-0.25, -0.2) is 0 Å². The van der Waals surface area contributed by atoms with Crippen molar-refractivity contribution in [2.24, 2.45) is 0 Å². The molecular weight excluding hydrogens is 226 g/mol. The number of aliphatic hydroxyl groups excluding tert-OH is 1. The number of rotatable bonds is 7. The molecule has 4 heteroatoms. The average Bonchev–Trinajstić information content (AvgIpc) is 2.35. The number of nitrogen functional groups attached to an aromatic ring is 1. The molecule has 1 heterocycles. The monoisotopic (exact) mass is 251 g/mol. The SMILES string of the molecule is Cc1cnc(CN(C)CCCCCO)c(C)c1N. The summed E-state index contributed by atoms with van der Waals surface area (Å²) in [6, 6.07) is 0. The number of hydrogen-bond donors (Lipinski definition) is 2. The van der Waals surface area contributed by atoms with E-state index in [1.54, 1.807) is 0 Å². The van der Waals surface area contributed by atoms with E-state index in [1.165, 1.54) is 0 Å². The predicted molar refractivity (Wildman–Crippen MR) is 75.4 cm³/mol. The Bertz CT molecular complexity index is 380. The van der Waals surface area contributed by atoms with Gasteiger partial charge in [0.15, 0.2) is 0 Å². The third-order valence-corrected chi connectivity index (χ3v) is 3.29. The summed E-state index contributed by atoms with van der Waals surface area (Å²) in [6.07, 6.45) is 4.92. The van der Waals surface area contributed by atoms with Crippen LogP contribution in [0.2, 0.25) is 0 Å². The van der Waals surface area contributed by atoms with Gasteiger partial charge in [-0.05, 0) is 57.8 Å². The summed E-state index contributed by atoms with van der Waals surface area (Å²) in [5.41, 5.74) is 10.1. The quantitative estimate of drug-likeness (QED) is 0.726. The number of pyridine rings is 1. The summed E-state index contributed by atoms with van der Waals surface area (Å²) in [5.74, 6) is 0. The second-order valence-electron chi connectivity index (χ2n) is 4.95. The lowest BCUT2D eigenvalue weighted by Gasteiger charge is -2.18. The normalized spacial score (nSPS) is 11.2. The Morgan fingerprint density at radius 1 is 1.28 bits per heavy atom. The summed E-state index contributed by atoms with van der Waals surface area (Å²) in [5, 5.41) is 8.72. The molecular formula is C14H25N3O. The maximum absolute atomic E-state index is 8.72. The number of hydrogen-bond acceptors (Lipinski definition) is 4. The summed E-state index contributed by atoms with van der Waals surface area (Å²) in [7, 11) is 2.09. The number of unbranched alkanes of at least 4 members (excludes halogenated alkanes) is 2. The minimum atomic E-state index is 0.291. The van der Waals surface area contributed by atoms with Gasteiger partial charge in [0.2, 0.25) is 0 Å². The van der Waals surface area contributed by atoms with Crippen molar-refractivity contribution in [3.8, 4) is 0 Å². The minimum absolute atomic E-state index is 0.291. The molecule has 1 aromatic heterocycles. The van der Waals surface area contributed by atoms with Crippen LogP contribution in [0.1, 0.15) is 36.1 Å². The van der Waals surface area contributed by atoms with Gasteiger partial charge in [0.25, 0.3) is 0 Å². The molecule has 0 aliphatic rings. The van der Waals surface area contributed by atoms with Crippen molar-refractivity contribution in [3.63, 3.8) is 0 Å². The van der Waals surface area contributed by atoms with Gasteiger partial charge in [-0.1, -0.05) is 0 Å². The second-order valence-corrected chi connectivity index (χ2v) is 4.95. The first-order valence-corrected chi connectivity index (χ1v) is 6.56. The first-order chi connectivity index (χ1) is 8.56. The van der Waals surface area contributed by atoms with Crippen molar-refractivity contribution in [1.82, 2.24) is 9.88 Å². The zero-order chi connectivity index (χ0) is 13.5. The Labute approximate surface area is 110 Å². The Morgan fingerprint density at radius 3 is 2.67 bits per heavy atom. The molecule has 0 radical (unpaired) electrons. The first kappa shape index (κ1) is 14.9. The minimum Gasteiger partial charge on any atom is -0.398 e. The van der Waals surface area contributed by atoms with Gasteiger partial charge in [0.1, 0.15) is 0 Å². The molecule has 0 aliphatic heterocycles. The van der Waals surface area contributed by atoms with E-state index >= 15 is 0 Å². The smallest absolute Gasteiger partial charge is 0.0593 e. The van der Waals surface area contributed by atoms with E-state index in [9.17, 15) is 0 Å². The summed E-state index contributed by atoms with van der Waals surface area (Å²) < 4.78 is 0. The highest BCUT2D eigenvalue weighted by atomic mass is 16.2. The van der Waals surface area contributed by atoms with E-state index in [4.69, 9.17) is 10.8 Å². The van der Waals surface area contributed by atoms with Crippen LogP contribution in [0.4, 0.5) is 5.69 Å². The molecule has 1 rings (SSSR count). The molecule has 4 nitrogen and oxygen atoms in total. The molecule has 1 aromatic rings. The molecule has 0 saturated carbocycles. The zero-order valence-electron chi connectivity index (χ0n) is 11.7. The van der Waals surface area contributed by atoms with Crippen molar-refractivity contribution in [2.75, 3.05) is 25.9 Å². The van der Waals surface area contributed by atoms with Crippen molar-refractivity contribution < 1.29 is 5.11 Å². The number of anilines is 1. The zero-order valence-corrected chi connectivity index (χ0v) is 11.7. The Kier molecular flexibility index (Phi) is 6.09. The van der Waals surface area contributed by atoms with Gasteiger partial charge < -0.3 is 15.7 Å². The molecule has 0 fully saturated rings. The highest BCUT2D eigenvalue weighted by Gasteiger charge is 2.08. The van der Waals surface area contributed by atoms with Gasteiger partial charge >= 0.3 is 0 Å². The first-order valence-electron chi connectivity index (χ1n) is 6.56. The van der Waals surface area contributed by atoms with E-state index < -0.39 is 0 Å². The number of aliphatic hydroxyl groups is 1. The van der Waals surface area contributed by atoms with Crippen LogP contribution >= 0.6 is 0 Å². The van der Waals surface area contributed by atoms with Gasteiger partial charge in [-0.2, -0.15) is 0 Å². The second kappa shape index (κ2) is 7.34. The molecule has 102 valence electrons. The molecule has 0 amide bonds. The largest absolute Gasteiger partial charge is 0.398 e. The third kappa shape index (κ3) is 4.27. The fourth-order valence-electron chi connectivity index (χ4n) is 1.96. The lowest BCUT2D eigenvalue weighted by atomic mass is 10.1. The Hall–Kier alpha value is -1.13. The molecule has 0 unspecified atom stereocenters. The molecule has 0 aliphatic carbocycles. The lowest BCUT2D eigenvalue weighted by Crippen LogP contribution is -2.21. The van der Waals surface area contributed by atoms with Gasteiger partial charge in [-0.15, -0.1) is 0 Å². The fraction of sp³-hybridized carbons (Fsp3) is 0.643. The van der Waals surface area contributed by atoms with Gasteiger partial charge in [0.05, 0.1) is 5.69 Å². The van der Waals surface area contributed by atoms with Crippen molar-refractivity contribution in [1.29, 1.82) is 0 Å². The van der Waals surface area contributed by atoms with E-state index in [1.807, 2.05) is 20.0 Å². The van der Waals surface area contributed by atoms with Gasteiger partial charge in [0, 0.05) is 25.0 Å². The maximum Gasteiger partial charge on any atom is 0.0593 e. The highest BCUT2D eigenvalue weighted by molar-refractivity contribution is 5.53. The fourth-order valence-corrected chi connectivity index (χ4v) is 1.96. The number of aromatic nitrogens is 1. The summed E-state index contributed by atoms with van der Waals surface area (Å²) in [6.45, 7) is 6.16. The van der Waals surface area contributed by atoms with E-state index in [-0.39, 0.29) is 0 Å². The van der Waals surface area contributed by atoms with Crippen LogP contribution in [-0.2, 0) is 6.54 Å². The number of aryl methyl sites for hydroxylation is 1. The average molecular weight is 251 g/mol. The molecule has 0 spiro atoms. The van der Waals surface area contributed by atoms with Crippen molar-refractivity contribution >= 4 is 5.69 Å². The number of nitrogens with two attached hydrogens (primary N) is 1. The molecule has 3 N–H and O–H groups in total. The molecule has 0 atom stereocenters. The predicted octanol–water partition coefficient (Wildman–Crippen LogP) is 1.88. The van der Waals surface area contributed by atoms with Crippen LogP contribution in [-0.4, -0.2) is 35.2 Å². The molecule has 18 heavy (non-hydrogen) atoms. The van der Waals surface area contributed by atoms with E-state index in [2.05, 4.69) is 16.9 Å². The van der Waals surface area contributed by atoms with Crippen LogP contribution in [0.15, 0.2) is 6.20 Å². The van der Waals surface area contributed by atoms with Crippen LogP contribution in [0.3, 0.4) is 0 Å². The molecule has 0 aromatic carbocycles. The van der Waals surface area contributed by atoms with Crippen LogP contribution in [0.5, 0.6) is 0 Å². The Balaban J connectivity index is 2.49. The molecule has 0 bridgehead atoms. The summed E-state index contributed by atoms with van der Waals surface area (Å²) >= 11 is 0. The van der Waals surface area contributed by atoms with E-state index in [0.717, 1.165) is 54.9 Å².